The maximum absolute atomic E-state index is 3.94. The van der Waals surface area contributed by atoms with E-state index in [0.717, 1.165) is 5.56 Å². The second kappa shape index (κ2) is 4.39. The van der Waals surface area contributed by atoms with Crippen LogP contribution in [0, 0.1) is 0 Å². The van der Waals surface area contributed by atoms with Gasteiger partial charge in [-0.2, -0.15) is 0 Å². The SMILES string of the molecule is CN=C/N=C/c1ccccc1. The van der Waals surface area contributed by atoms with Crippen LogP contribution >= 0.6 is 0 Å². The van der Waals surface area contributed by atoms with Crippen molar-refractivity contribution >= 4 is 12.6 Å². The molecule has 0 unspecified atom stereocenters. The van der Waals surface area contributed by atoms with Crippen LogP contribution in [-0.4, -0.2) is 19.6 Å². The van der Waals surface area contributed by atoms with Gasteiger partial charge in [0.05, 0.1) is 0 Å². The van der Waals surface area contributed by atoms with Crippen molar-refractivity contribution in [1.82, 2.24) is 0 Å². The average Bonchev–Trinajstić information content (AvgIpc) is 2.07. The molecule has 1 aromatic carbocycles. The Bertz CT molecular complexity index is 250. The Balaban J connectivity index is 2.64. The highest BCUT2D eigenvalue weighted by Crippen LogP contribution is 1.92. The Hall–Kier alpha value is -1.44. The molecule has 0 amide bonds. The van der Waals surface area contributed by atoms with Gasteiger partial charge in [0.1, 0.15) is 6.34 Å². The summed E-state index contributed by atoms with van der Waals surface area (Å²) in [4.78, 5) is 7.67. The molecule has 0 aliphatic heterocycles. The summed E-state index contributed by atoms with van der Waals surface area (Å²) in [5.41, 5.74) is 1.09. The second-order valence-electron chi connectivity index (χ2n) is 2.06. The number of hydrogen-bond donors (Lipinski definition) is 0. The van der Waals surface area contributed by atoms with Crippen molar-refractivity contribution < 1.29 is 0 Å². The zero-order valence-electron chi connectivity index (χ0n) is 6.44. The number of hydrogen-bond acceptors (Lipinski definition) is 1. The van der Waals surface area contributed by atoms with Crippen LogP contribution < -0.4 is 0 Å². The number of rotatable bonds is 2. The molecule has 0 radical (unpaired) electrons. The smallest absolute Gasteiger partial charge is 0.109 e. The fraction of sp³-hybridized carbons (Fsp3) is 0.111. The van der Waals surface area contributed by atoms with Gasteiger partial charge in [0.15, 0.2) is 0 Å². The normalized spacial score (nSPS) is 11.4. The second-order valence-corrected chi connectivity index (χ2v) is 2.06. The third kappa shape index (κ3) is 2.76. The van der Waals surface area contributed by atoms with Crippen molar-refractivity contribution in [3.8, 4) is 0 Å². The third-order valence-corrected chi connectivity index (χ3v) is 1.21. The first-order valence-corrected chi connectivity index (χ1v) is 3.42. The molecule has 1 aromatic rings. The molecular weight excluding hydrogens is 136 g/mol. The van der Waals surface area contributed by atoms with Crippen LogP contribution in [0.25, 0.3) is 0 Å². The lowest BCUT2D eigenvalue weighted by Crippen LogP contribution is -1.78. The third-order valence-electron chi connectivity index (χ3n) is 1.21. The van der Waals surface area contributed by atoms with E-state index in [1.807, 2.05) is 30.3 Å². The van der Waals surface area contributed by atoms with Crippen molar-refractivity contribution in [3.05, 3.63) is 35.9 Å². The molecule has 0 aromatic heterocycles. The molecule has 56 valence electrons. The molecule has 0 saturated carbocycles. The largest absolute Gasteiger partial charge is 0.277 e. The average molecular weight is 146 g/mol. The highest BCUT2D eigenvalue weighted by molar-refractivity contribution is 5.85. The van der Waals surface area contributed by atoms with Gasteiger partial charge < -0.3 is 0 Å². The van der Waals surface area contributed by atoms with Gasteiger partial charge in [-0.3, -0.25) is 4.99 Å². The molecule has 1 rings (SSSR count). The number of benzene rings is 1. The highest BCUT2D eigenvalue weighted by atomic mass is 14.8. The molecular formula is C9H10N2. The van der Waals surface area contributed by atoms with Gasteiger partial charge in [0.25, 0.3) is 0 Å². The predicted molar refractivity (Wildman–Crippen MR) is 48.5 cm³/mol. The summed E-state index contributed by atoms with van der Waals surface area (Å²) in [7, 11) is 1.70. The Labute approximate surface area is 66.3 Å². The summed E-state index contributed by atoms with van der Waals surface area (Å²) >= 11 is 0. The van der Waals surface area contributed by atoms with E-state index in [2.05, 4.69) is 9.98 Å². The van der Waals surface area contributed by atoms with Gasteiger partial charge >= 0.3 is 0 Å². The topological polar surface area (TPSA) is 24.7 Å². The molecule has 2 heteroatoms. The van der Waals surface area contributed by atoms with Gasteiger partial charge in [0, 0.05) is 13.3 Å². The van der Waals surface area contributed by atoms with Crippen LogP contribution in [0.2, 0.25) is 0 Å². The van der Waals surface area contributed by atoms with Gasteiger partial charge in [0.2, 0.25) is 0 Å². The zero-order valence-corrected chi connectivity index (χ0v) is 6.44. The Morgan fingerprint density at radius 1 is 1.18 bits per heavy atom. The predicted octanol–water partition coefficient (Wildman–Crippen LogP) is 1.76. The Morgan fingerprint density at radius 2 is 1.91 bits per heavy atom. The first-order chi connectivity index (χ1) is 5.43. The molecule has 0 fully saturated rings. The van der Waals surface area contributed by atoms with Crippen molar-refractivity contribution in [2.75, 3.05) is 7.05 Å². The quantitative estimate of drug-likeness (QED) is 0.448. The van der Waals surface area contributed by atoms with Crippen molar-refractivity contribution in [1.29, 1.82) is 0 Å². The van der Waals surface area contributed by atoms with E-state index in [0.29, 0.717) is 0 Å². The molecule has 2 nitrogen and oxygen atoms in total. The number of nitrogens with zero attached hydrogens (tertiary/aromatic N) is 2. The number of aliphatic imine (C=N–C) groups is 2. The zero-order chi connectivity index (χ0) is 7.94. The van der Waals surface area contributed by atoms with Crippen LogP contribution in [0.4, 0.5) is 0 Å². The van der Waals surface area contributed by atoms with E-state index < -0.39 is 0 Å². The monoisotopic (exact) mass is 146 g/mol. The Morgan fingerprint density at radius 3 is 2.55 bits per heavy atom. The van der Waals surface area contributed by atoms with E-state index in [1.54, 1.807) is 13.3 Å². The Kier molecular flexibility index (Phi) is 3.06. The lowest BCUT2D eigenvalue weighted by Gasteiger charge is -1.86. The van der Waals surface area contributed by atoms with Crippen molar-refractivity contribution in [2.45, 2.75) is 0 Å². The fourth-order valence-electron chi connectivity index (χ4n) is 0.725. The van der Waals surface area contributed by atoms with Gasteiger partial charge in [-0.1, -0.05) is 30.3 Å². The summed E-state index contributed by atoms with van der Waals surface area (Å²) in [6, 6.07) is 9.92. The van der Waals surface area contributed by atoms with Crippen molar-refractivity contribution in [2.24, 2.45) is 9.98 Å². The van der Waals surface area contributed by atoms with E-state index in [4.69, 9.17) is 0 Å². The molecule has 0 aliphatic carbocycles. The van der Waals surface area contributed by atoms with Crippen LogP contribution in [0.15, 0.2) is 40.3 Å². The minimum Gasteiger partial charge on any atom is -0.277 e. The molecule has 0 saturated heterocycles. The summed E-state index contributed by atoms with van der Waals surface area (Å²) in [5, 5.41) is 0. The fourth-order valence-corrected chi connectivity index (χ4v) is 0.725. The van der Waals surface area contributed by atoms with Crippen LogP contribution in [0.1, 0.15) is 5.56 Å². The molecule has 0 N–H and O–H groups in total. The van der Waals surface area contributed by atoms with E-state index in [-0.39, 0.29) is 0 Å². The van der Waals surface area contributed by atoms with E-state index in [1.165, 1.54) is 6.34 Å². The molecule has 0 atom stereocenters. The molecule has 11 heavy (non-hydrogen) atoms. The maximum Gasteiger partial charge on any atom is 0.109 e. The van der Waals surface area contributed by atoms with E-state index >= 15 is 0 Å². The van der Waals surface area contributed by atoms with E-state index in [9.17, 15) is 0 Å². The summed E-state index contributed by atoms with van der Waals surface area (Å²) < 4.78 is 0. The van der Waals surface area contributed by atoms with Gasteiger partial charge in [-0.05, 0) is 5.56 Å². The van der Waals surface area contributed by atoms with Crippen LogP contribution in [0.3, 0.4) is 0 Å². The molecule has 0 heterocycles. The summed E-state index contributed by atoms with van der Waals surface area (Å²) in [6.07, 6.45) is 3.29. The lowest BCUT2D eigenvalue weighted by molar-refractivity contribution is 1.45. The molecule has 0 spiro atoms. The van der Waals surface area contributed by atoms with Crippen molar-refractivity contribution in [3.63, 3.8) is 0 Å². The van der Waals surface area contributed by atoms with Gasteiger partial charge in [-0.15, -0.1) is 0 Å². The first kappa shape index (κ1) is 7.66. The minimum atomic E-state index is 1.09. The highest BCUT2D eigenvalue weighted by Gasteiger charge is 1.79. The summed E-state index contributed by atoms with van der Waals surface area (Å²) in [6.45, 7) is 0. The maximum atomic E-state index is 3.94. The lowest BCUT2D eigenvalue weighted by atomic mass is 10.2. The minimum absolute atomic E-state index is 1.09. The summed E-state index contributed by atoms with van der Waals surface area (Å²) in [5.74, 6) is 0. The molecule has 0 bridgehead atoms. The standard InChI is InChI=1S/C9H10N2/c1-10-8-11-7-9-5-3-2-4-6-9/h2-8H,1H3/b10-8?,11-7+. The first-order valence-electron chi connectivity index (χ1n) is 3.42. The molecule has 0 aliphatic rings. The van der Waals surface area contributed by atoms with Crippen LogP contribution in [-0.2, 0) is 0 Å². The van der Waals surface area contributed by atoms with Gasteiger partial charge in [-0.25, -0.2) is 4.99 Å². The van der Waals surface area contributed by atoms with Crippen LogP contribution in [0.5, 0.6) is 0 Å².